The van der Waals surface area contributed by atoms with Crippen LogP contribution in [0.2, 0.25) is 0 Å². The van der Waals surface area contributed by atoms with Crippen molar-refractivity contribution in [2.45, 2.75) is 12.8 Å². The highest BCUT2D eigenvalue weighted by Crippen LogP contribution is 2.16. The van der Waals surface area contributed by atoms with Gasteiger partial charge in [0.15, 0.2) is 0 Å². The molecule has 1 saturated heterocycles. The van der Waals surface area contributed by atoms with Gasteiger partial charge in [0.05, 0.1) is 20.6 Å². The lowest BCUT2D eigenvalue weighted by Gasteiger charge is -2.22. The second-order valence-electron chi connectivity index (χ2n) is 6.78. The predicted octanol–water partition coefficient (Wildman–Crippen LogP) is 2.62. The summed E-state index contributed by atoms with van der Waals surface area (Å²) in [5, 5.41) is 0. The van der Waals surface area contributed by atoms with Gasteiger partial charge in [-0.05, 0) is 48.4 Å². The van der Waals surface area contributed by atoms with Crippen molar-refractivity contribution >= 4 is 11.8 Å². The molecule has 0 aromatic heterocycles. The van der Waals surface area contributed by atoms with E-state index in [1.807, 2.05) is 34.1 Å². The number of nitrogens with zero attached hydrogens (tertiary/aromatic N) is 2. The third-order valence-corrected chi connectivity index (χ3v) is 4.99. The topological polar surface area (TPSA) is 59.1 Å². The van der Waals surface area contributed by atoms with Crippen LogP contribution in [0.3, 0.4) is 0 Å². The SMILES string of the molecule is COc1ccc(CC(=O)N2CCCN(C(=O)c3ccc(OC)cc3)CC2)cc1. The molecule has 1 heterocycles. The molecule has 0 radical (unpaired) electrons. The monoisotopic (exact) mass is 382 g/mol. The van der Waals surface area contributed by atoms with E-state index in [9.17, 15) is 9.59 Å². The summed E-state index contributed by atoms with van der Waals surface area (Å²) in [6, 6.07) is 14.7. The van der Waals surface area contributed by atoms with Crippen LogP contribution in [0.5, 0.6) is 11.5 Å². The van der Waals surface area contributed by atoms with Gasteiger partial charge < -0.3 is 19.3 Å². The van der Waals surface area contributed by atoms with Crippen molar-refractivity contribution in [3.63, 3.8) is 0 Å². The fourth-order valence-electron chi connectivity index (χ4n) is 3.32. The highest BCUT2D eigenvalue weighted by molar-refractivity contribution is 5.94. The normalized spacial score (nSPS) is 14.4. The largest absolute Gasteiger partial charge is 0.497 e. The molecule has 2 aromatic carbocycles. The van der Waals surface area contributed by atoms with Crippen molar-refractivity contribution in [3.8, 4) is 11.5 Å². The summed E-state index contributed by atoms with van der Waals surface area (Å²) in [6.07, 6.45) is 1.13. The second kappa shape index (κ2) is 9.26. The molecule has 1 aliphatic heterocycles. The van der Waals surface area contributed by atoms with Crippen molar-refractivity contribution in [1.29, 1.82) is 0 Å². The first kappa shape index (κ1) is 19.7. The Kier molecular flexibility index (Phi) is 6.53. The number of amides is 2. The van der Waals surface area contributed by atoms with Crippen molar-refractivity contribution in [1.82, 2.24) is 9.80 Å². The zero-order valence-corrected chi connectivity index (χ0v) is 16.4. The lowest BCUT2D eigenvalue weighted by atomic mass is 10.1. The molecule has 6 heteroatoms. The Bertz CT molecular complexity index is 802. The molecular formula is C22H26N2O4. The highest BCUT2D eigenvalue weighted by Gasteiger charge is 2.23. The maximum atomic E-state index is 12.7. The highest BCUT2D eigenvalue weighted by atomic mass is 16.5. The summed E-state index contributed by atoms with van der Waals surface area (Å²) >= 11 is 0. The van der Waals surface area contributed by atoms with Gasteiger partial charge in [0.2, 0.25) is 5.91 Å². The van der Waals surface area contributed by atoms with Crippen LogP contribution in [0.25, 0.3) is 0 Å². The minimum atomic E-state index is -0.00731. The molecule has 0 saturated carbocycles. The number of benzene rings is 2. The van der Waals surface area contributed by atoms with E-state index >= 15 is 0 Å². The van der Waals surface area contributed by atoms with Crippen LogP contribution >= 0.6 is 0 Å². The van der Waals surface area contributed by atoms with Gasteiger partial charge in [-0.2, -0.15) is 0 Å². The quantitative estimate of drug-likeness (QED) is 0.798. The van der Waals surface area contributed by atoms with Crippen LogP contribution in [0.1, 0.15) is 22.3 Å². The zero-order chi connectivity index (χ0) is 19.9. The molecule has 0 spiro atoms. The van der Waals surface area contributed by atoms with Gasteiger partial charge in [-0.25, -0.2) is 0 Å². The maximum absolute atomic E-state index is 12.7. The van der Waals surface area contributed by atoms with Crippen LogP contribution in [0.15, 0.2) is 48.5 Å². The zero-order valence-electron chi connectivity index (χ0n) is 16.4. The Hall–Kier alpha value is -3.02. The van der Waals surface area contributed by atoms with E-state index in [1.54, 1.807) is 38.5 Å². The second-order valence-corrected chi connectivity index (χ2v) is 6.78. The summed E-state index contributed by atoms with van der Waals surface area (Å²) in [5.41, 5.74) is 1.60. The van der Waals surface area contributed by atoms with Gasteiger partial charge in [0.25, 0.3) is 5.91 Å². The number of hydrogen-bond donors (Lipinski definition) is 0. The number of carbonyl (C=O) groups excluding carboxylic acids is 2. The summed E-state index contributed by atoms with van der Waals surface area (Å²) in [6.45, 7) is 2.41. The molecule has 0 aliphatic carbocycles. The van der Waals surface area contributed by atoms with Crippen molar-refractivity contribution in [3.05, 3.63) is 59.7 Å². The van der Waals surface area contributed by atoms with Gasteiger partial charge in [-0.1, -0.05) is 12.1 Å². The third kappa shape index (κ3) is 4.82. The van der Waals surface area contributed by atoms with Gasteiger partial charge in [0.1, 0.15) is 11.5 Å². The minimum Gasteiger partial charge on any atom is -0.497 e. The van der Waals surface area contributed by atoms with E-state index in [2.05, 4.69) is 0 Å². The van der Waals surface area contributed by atoms with E-state index in [0.717, 1.165) is 23.5 Å². The first-order chi connectivity index (χ1) is 13.6. The van der Waals surface area contributed by atoms with Crippen molar-refractivity contribution < 1.29 is 19.1 Å². The van der Waals surface area contributed by atoms with E-state index < -0.39 is 0 Å². The van der Waals surface area contributed by atoms with Crippen molar-refractivity contribution in [2.75, 3.05) is 40.4 Å². The number of rotatable bonds is 5. The van der Waals surface area contributed by atoms with E-state index in [0.29, 0.717) is 38.2 Å². The van der Waals surface area contributed by atoms with Gasteiger partial charge in [-0.3, -0.25) is 9.59 Å². The predicted molar refractivity (Wildman–Crippen MR) is 107 cm³/mol. The van der Waals surface area contributed by atoms with Crippen LogP contribution < -0.4 is 9.47 Å². The lowest BCUT2D eigenvalue weighted by Crippen LogP contribution is -2.38. The summed E-state index contributed by atoms with van der Waals surface area (Å²) in [5.74, 6) is 1.58. The molecule has 2 amide bonds. The smallest absolute Gasteiger partial charge is 0.253 e. The molecule has 0 N–H and O–H groups in total. The molecule has 0 unspecified atom stereocenters. The molecule has 28 heavy (non-hydrogen) atoms. The average molecular weight is 382 g/mol. The Labute approximate surface area is 165 Å². The van der Waals surface area contributed by atoms with Crippen molar-refractivity contribution in [2.24, 2.45) is 0 Å². The molecule has 0 atom stereocenters. The molecule has 0 bridgehead atoms. The Morgan fingerprint density at radius 1 is 0.786 bits per heavy atom. The number of methoxy groups -OCH3 is 2. The molecule has 1 aliphatic rings. The summed E-state index contributed by atoms with van der Waals surface area (Å²) in [7, 11) is 3.22. The molecule has 1 fully saturated rings. The maximum Gasteiger partial charge on any atom is 0.253 e. The lowest BCUT2D eigenvalue weighted by molar-refractivity contribution is -0.130. The van der Waals surface area contributed by atoms with E-state index in [4.69, 9.17) is 9.47 Å². The fourth-order valence-corrected chi connectivity index (χ4v) is 3.32. The number of hydrogen-bond acceptors (Lipinski definition) is 4. The molecule has 6 nitrogen and oxygen atoms in total. The Balaban J connectivity index is 1.57. The molecule has 148 valence electrons. The van der Waals surface area contributed by atoms with Crippen LogP contribution in [-0.4, -0.2) is 62.0 Å². The van der Waals surface area contributed by atoms with E-state index in [-0.39, 0.29) is 11.8 Å². The molecule has 2 aromatic rings. The number of ether oxygens (including phenoxy) is 2. The van der Waals surface area contributed by atoms with E-state index in [1.165, 1.54) is 0 Å². The fraction of sp³-hybridized carbons (Fsp3) is 0.364. The van der Waals surface area contributed by atoms with Gasteiger partial charge in [-0.15, -0.1) is 0 Å². The minimum absolute atomic E-state index is 0.00731. The van der Waals surface area contributed by atoms with Crippen LogP contribution in [0.4, 0.5) is 0 Å². The first-order valence-corrected chi connectivity index (χ1v) is 9.44. The Morgan fingerprint density at radius 3 is 1.93 bits per heavy atom. The van der Waals surface area contributed by atoms with Crippen LogP contribution in [-0.2, 0) is 11.2 Å². The van der Waals surface area contributed by atoms with Gasteiger partial charge in [0, 0.05) is 31.7 Å². The molecule has 3 rings (SSSR count). The Morgan fingerprint density at radius 2 is 1.32 bits per heavy atom. The number of carbonyl (C=O) groups is 2. The first-order valence-electron chi connectivity index (χ1n) is 9.44. The standard InChI is InChI=1S/C22H26N2O4/c1-27-19-8-4-17(5-9-19)16-21(25)23-12-3-13-24(15-14-23)22(26)18-6-10-20(28-2)11-7-18/h4-11H,3,12-16H2,1-2H3. The van der Waals surface area contributed by atoms with Gasteiger partial charge >= 0.3 is 0 Å². The summed E-state index contributed by atoms with van der Waals surface area (Å²) in [4.78, 5) is 29.1. The average Bonchev–Trinajstić information content (AvgIpc) is 3.00. The van der Waals surface area contributed by atoms with Crippen LogP contribution in [0, 0.1) is 0 Å². The summed E-state index contributed by atoms with van der Waals surface area (Å²) < 4.78 is 10.3. The third-order valence-electron chi connectivity index (χ3n) is 4.99. The molecular weight excluding hydrogens is 356 g/mol.